The topological polar surface area (TPSA) is 105 Å². The van der Waals surface area contributed by atoms with Crippen molar-refractivity contribution in [3.8, 4) is 0 Å². The Kier molecular flexibility index (Phi) is 7.00. The summed E-state index contributed by atoms with van der Waals surface area (Å²) >= 11 is 0. The molecular weight excluding hydrogens is 392 g/mol. The van der Waals surface area contributed by atoms with E-state index in [1.165, 1.54) is 12.1 Å². The Hall–Kier alpha value is -2.36. The molecule has 0 bridgehead atoms. The smallest absolute Gasteiger partial charge is 0.293 e. The summed E-state index contributed by atoms with van der Waals surface area (Å²) in [5.74, 6) is 0. The lowest BCUT2D eigenvalue weighted by Gasteiger charge is -2.22. The number of sulfonamides is 1. The van der Waals surface area contributed by atoms with E-state index in [-0.39, 0.29) is 23.0 Å². The summed E-state index contributed by atoms with van der Waals surface area (Å²) in [6, 6.07) is 12.5. The molecule has 0 saturated carbocycles. The van der Waals surface area contributed by atoms with Crippen LogP contribution in [0.4, 0.5) is 17.1 Å². The van der Waals surface area contributed by atoms with Gasteiger partial charge in [-0.1, -0.05) is 18.2 Å². The third kappa shape index (κ3) is 5.09. The number of para-hydroxylation sites is 1. The van der Waals surface area contributed by atoms with E-state index in [1.54, 1.807) is 30.3 Å². The molecule has 0 spiro atoms. The van der Waals surface area contributed by atoms with E-state index in [4.69, 9.17) is 0 Å². The minimum atomic E-state index is -3.91. The summed E-state index contributed by atoms with van der Waals surface area (Å²) in [7, 11) is -3.91. The molecule has 0 aromatic heterocycles. The fourth-order valence-corrected chi connectivity index (χ4v) is 3.97. The largest absolute Gasteiger partial charge is 0.365 e. The number of nitro benzene ring substituents is 1. The Bertz CT molecular complexity index is 885. The van der Waals surface area contributed by atoms with Gasteiger partial charge >= 0.3 is 0 Å². The van der Waals surface area contributed by atoms with Gasteiger partial charge in [-0.15, -0.1) is 12.4 Å². The monoisotopic (exact) mass is 412 g/mol. The summed E-state index contributed by atoms with van der Waals surface area (Å²) in [6.45, 7) is 2.90. The highest BCUT2D eigenvalue weighted by atomic mass is 35.5. The van der Waals surface area contributed by atoms with Crippen LogP contribution in [0, 0.1) is 10.1 Å². The van der Waals surface area contributed by atoms with Crippen LogP contribution in [0.2, 0.25) is 0 Å². The van der Waals surface area contributed by atoms with E-state index >= 15 is 0 Å². The average molecular weight is 413 g/mol. The van der Waals surface area contributed by atoms with E-state index in [0.29, 0.717) is 24.5 Å². The van der Waals surface area contributed by atoms with E-state index in [0.717, 1.165) is 25.6 Å². The van der Waals surface area contributed by atoms with E-state index < -0.39 is 14.9 Å². The molecule has 0 radical (unpaired) electrons. The van der Waals surface area contributed by atoms with Crippen molar-refractivity contribution >= 4 is 39.5 Å². The number of hydrogen-bond donors (Lipinski definition) is 2. The molecule has 3 rings (SSSR count). The summed E-state index contributed by atoms with van der Waals surface area (Å²) < 4.78 is 27.6. The molecule has 1 aliphatic rings. The highest BCUT2D eigenvalue weighted by Crippen LogP contribution is 2.31. The Morgan fingerprint density at radius 1 is 1.07 bits per heavy atom. The molecule has 146 valence electrons. The van der Waals surface area contributed by atoms with Gasteiger partial charge < -0.3 is 10.2 Å². The van der Waals surface area contributed by atoms with Gasteiger partial charge in [-0.2, -0.15) is 0 Å². The second-order valence-electron chi connectivity index (χ2n) is 5.97. The van der Waals surface area contributed by atoms with Crippen LogP contribution in [0.15, 0.2) is 53.4 Å². The average Bonchev–Trinajstić information content (AvgIpc) is 2.91. The molecule has 1 fully saturated rings. The number of rotatable bonds is 5. The standard InChI is InChI=1S/C17H20N4O4S.ClH/c22-21(23)17-13-15(26(24,25)19-14-5-2-1-3-6-14)7-8-16(17)20-11-4-9-18-10-12-20;/h1-3,5-8,13,18-19H,4,9-12H2;1H. The maximum Gasteiger partial charge on any atom is 0.293 e. The lowest BCUT2D eigenvalue weighted by molar-refractivity contribution is -0.384. The number of benzene rings is 2. The summed E-state index contributed by atoms with van der Waals surface area (Å²) in [4.78, 5) is 12.8. The van der Waals surface area contributed by atoms with Crippen LogP contribution in [0.1, 0.15) is 6.42 Å². The van der Waals surface area contributed by atoms with Crippen LogP contribution in [0.25, 0.3) is 0 Å². The Balaban J connectivity index is 0.00000261. The molecule has 0 aliphatic carbocycles. The van der Waals surface area contributed by atoms with Crippen LogP contribution < -0.4 is 14.9 Å². The Morgan fingerprint density at radius 2 is 1.81 bits per heavy atom. The van der Waals surface area contributed by atoms with Crippen molar-refractivity contribution in [3.05, 3.63) is 58.6 Å². The maximum absolute atomic E-state index is 12.6. The molecule has 2 aromatic rings. The lowest BCUT2D eigenvalue weighted by atomic mass is 10.2. The molecular formula is C17H21ClN4O4S. The quantitative estimate of drug-likeness (QED) is 0.577. The van der Waals surface area contributed by atoms with Crippen molar-refractivity contribution in [1.29, 1.82) is 0 Å². The predicted octanol–water partition coefficient (Wildman–Crippen LogP) is 2.62. The van der Waals surface area contributed by atoms with Crippen LogP contribution in [-0.4, -0.2) is 39.5 Å². The first kappa shape index (κ1) is 20.9. The van der Waals surface area contributed by atoms with Gasteiger partial charge in [-0.05, 0) is 37.2 Å². The van der Waals surface area contributed by atoms with Crippen LogP contribution >= 0.6 is 12.4 Å². The molecule has 10 heteroatoms. The zero-order valence-corrected chi connectivity index (χ0v) is 16.1. The summed E-state index contributed by atoms with van der Waals surface area (Å²) in [5, 5.41) is 14.8. The Labute approximate surface area is 164 Å². The van der Waals surface area contributed by atoms with Crippen LogP contribution in [0.5, 0.6) is 0 Å². The van der Waals surface area contributed by atoms with Crippen molar-refractivity contribution in [3.63, 3.8) is 0 Å². The number of hydrogen-bond acceptors (Lipinski definition) is 6. The van der Waals surface area contributed by atoms with Gasteiger partial charge in [0.1, 0.15) is 5.69 Å². The summed E-state index contributed by atoms with van der Waals surface area (Å²) in [6.07, 6.45) is 0.868. The molecule has 2 aromatic carbocycles. The highest BCUT2D eigenvalue weighted by molar-refractivity contribution is 7.92. The molecule has 8 nitrogen and oxygen atoms in total. The second kappa shape index (κ2) is 9.03. The van der Waals surface area contributed by atoms with Gasteiger partial charge in [0.15, 0.2) is 0 Å². The molecule has 1 saturated heterocycles. The van der Waals surface area contributed by atoms with Gasteiger partial charge in [0.25, 0.3) is 15.7 Å². The van der Waals surface area contributed by atoms with Crippen molar-refractivity contribution < 1.29 is 13.3 Å². The molecule has 0 unspecified atom stereocenters. The zero-order valence-electron chi connectivity index (χ0n) is 14.5. The minimum Gasteiger partial charge on any atom is -0.365 e. The van der Waals surface area contributed by atoms with E-state index in [9.17, 15) is 18.5 Å². The molecule has 27 heavy (non-hydrogen) atoms. The minimum absolute atomic E-state index is 0. The lowest BCUT2D eigenvalue weighted by Crippen LogP contribution is -2.28. The van der Waals surface area contributed by atoms with E-state index in [1.807, 2.05) is 4.90 Å². The zero-order chi connectivity index (χ0) is 18.6. The number of nitro groups is 1. The normalized spacial score (nSPS) is 14.7. The second-order valence-corrected chi connectivity index (χ2v) is 7.65. The van der Waals surface area contributed by atoms with Gasteiger partial charge in [0, 0.05) is 31.4 Å². The summed E-state index contributed by atoms with van der Waals surface area (Å²) in [5.41, 5.74) is 0.637. The molecule has 0 atom stereocenters. The van der Waals surface area contributed by atoms with E-state index in [2.05, 4.69) is 10.0 Å². The van der Waals surface area contributed by atoms with Crippen molar-refractivity contribution in [2.75, 3.05) is 35.8 Å². The first-order valence-corrected chi connectivity index (χ1v) is 9.78. The SMILES string of the molecule is Cl.O=[N+]([O-])c1cc(S(=O)(=O)Nc2ccccc2)ccc1N1CCCNCC1. The van der Waals surface area contributed by atoms with Gasteiger partial charge in [-0.25, -0.2) is 8.42 Å². The maximum atomic E-state index is 12.6. The first-order chi connectivity index (χ1) is 12.5. The number of halogens is 1. The molecule has 1 aliphatic heterocycles. The fourth-order valence-electron chi connectivity index (χ4n) is 2.89. The Morgan fingerprint density at radius 3 is 2.52 bits per heavy atom. The predicted molar refractivity (Wildman–Crippen MR) is 107 cm³/mol. The molecule has 0 amide bonds. The third-order valence-electron chi connectivity index (χ3n) is 4.16. The highest BCUT2D eigenvalue weighted by Gasteiger charge is 2.25. The third-order valence-corrected chi connectivity index (χ3v) is 5.54. The molecule has 1 heterocycles. The molecule has 2 N–H and O–H groups in total. The number of nitrogens with one attached hydrogen (secondary N) is 2. The van der Waals surface area contributed by atoms with Crippen molar-refractivity contribution in [2.24, 2.45) is 0 Å². The van der Waals surface area contributed by atoms with Gasteiger partial charge in [0.2, 0.25) is 0 Å². The van der Waals surface area contributed by atoms with Crippen molar-refractivity contribution in [2.45, 2.75) is 11.3 Å². The first-order valence-electron chi connectivity index (χ1n) is 8.29. The van der Waals surface area contributed by atoms with Crippen molar-refractivity contribution in [1.82, 2.24) is 5.32 Å². The fraction of sp³-hybridized carbons (Fsp3) is 0.294. The number of anilines is 2. The van der Waals surface area contributed by atoms with Gasteiger partial charge in [-0.3, -0.25) is 14.8 Å². The number of nitrogens with zero attached hydrogens (tertiary/aromatic N) is 2. The van der Waals surface area contributed by atoms with Crippen LogP contribution in [-0.2, 0) is 10.0 Å². The van der Waals surface area contributed by atoms with Gasteiger partial charge in [0.05, 0.1) is 9.82 Å². The van der Waals surface area contributed by atoms with Crippen LogP contribution in [0.3, 0.4) is 0 Å².